The Labute approximate surface area is 136 Å². The monoisotopic (exact) mass is 333 g/mol. The number of benzene rings is 2. The van der Waals surface area contributed by atoms with E-state index in [4.69, 9.17) is 4.74 Å². The van der Waals surface area contributed by atoms with Gasteiger partial charge in [0, 0.05) is 6.54 Å². The molecule has 0 atom stereocenters. The molecule has 0 aliphatic carbocycles. The summed E-state index contributed by atoms with van der Waals surface area (Å²) >= 11 is 0. The number of ether oxygens (including phenoxy) is 1. The van der Waals surface area contributed by atoms with Crippen LogP contribution in [0.3, 0.4) is 0 Å². The topological polar surface area (TPSA) is 72.5 Å². The van der Waals surface area contributed by atoms with E-state index < -0.39 is 9.84 Å². The first-order valence-electron chi connectivity index (χ1n) is 7.17. The Morgan fingerprint density at radius 3 is 2.39 bits per heavy atom. The second-order valence-corrected chi connectivity index (χ2v) is 7.22. The lowest BCUT2D eigenvalue weighted by Gasteiger charge is -2.09. The van der Waals surface area contributed by atoms with E-state index in [-0.39, 0.29) is 24.0 Å². The minimum absolute atomic E-state index is 0.0294. The van der Waals surface area contributed by atoms with Crippen LogP contribution in [0.25, 0.3) is 0 Å². The molecule has 0 aliphatic rings. The highest BCUT2D eigenvalue weighted by molar-refractivity contribution is 7.90. The summed E-state index contributed by atoms with van der Waals surface area (Å²) in [4.78, 5) is 12.1. The third kappa shape index (κ3) is 5.10. The zero-order chi connectivity index (χ0) is 16.7. The van der Waals surface area contributed by atoms with Crippen LogP contribution in [0.5, 0.6) is 5.75 Å². The van der Waals surface area contributed by atoms with Gasteiger partial charge in [-0.1, -0.05) is 42.5 Å². The highest BCUT2D eigenvalue weighted by Crippen LogP contribution is 2.16. The van der Waals surface area contributed by atoms with Gasteiger partial charge in [-0.2, -0.15) is 0 Å². The Balaban J connectivity index is 1.90. The van der Waals surface area contributed by atoms with Crippen molar-refractivity contribution in [2.24, 2.45) is 0 Å². The molecular formula is C17H19NO4S. The van der Waals surface area contributed by atoms with E-state index >= 15 is 0 Å². The molecule has 2 aromatic rings. The molecule has 1 amide bonds. The maximum Gasteiger partial charge on any atom is 0.255 e. The Kier molecular flexibility index (Phi) is 5.76. The second-order valence-electron chi connectivity index (χ2n) is 5.03. The first-order chi connectivity index (χ1) is 11.0. The van der Waals surface area contributed by atoms with E-state index in [9.17, 15) is 13.2 Å². The van der Waals surface area contributed by atoms with E-state index in [0.29, 0.717) is 11.3 Å². The van der Waals surface area contributed by atoms with Crippen LogP contribution >= 0.6 is 0 Å². The number of hydrogen-bond donors (Lipinski definition) is 1. The summed E-state index contributed by atoms with van der Waals surface area (Å²) in [5, 5.41) is 2.62. The lowest BCUT2D eigenvalue weighted by Crippen LogP contribution is -2.29. The zero-order valence-corrected chi connectivity index (χ0v) is 13.7. The van der Waals surface area contributed by atoms with Gasteiger partial charge in [0.2, 0.25) is 0 Å². The molecule has 0 bridgehead atoms. The molecule has 0 heterocycles. The Hall–Kier alpha value is -2.34. The SMILES string of the molecule is COc1ccccc1C(=O)NCCS(=O)(=O)Cc1ccccc1. The van der Waals surface area contributed by atoms with Crippen LogP contribution in [0, 0.1) is 0 Å². The predicted octanol–water partition coefficient (Wildman–Crippen LogP) is 2.04. The maximum atomic E-state index is 12.1. The molecule has 0 spiro atoms. The second kappa shape index (κ2) is 7.78. The first kappa shape index (κ1) is 17.0. The molecule has 0 aromatic heterocycles. The molecule has 0 saturated heterocycles. The number of rotatable bonds is 7. The summed E-state index contributed by atoms with van der Waals surface area (Å²) < 4.78 is 29.2. The minimum atomic E-state index is -3.27. The molecule has 0 fully saturated rings. The molecule has 0 radical (unpaired) electrons. The van der Waals surface area contributed by atoms with Crippen molar-refractivity contribution in [3.63, 3.8) is 0 Å². The Bertz CT molecular complexity index is 757. The first-order valence-corrected chi connectivity index (χ1v) is 8.99. The fourth-order valence-corrected chi connectivity index (χ4v) is 3.41. The van der Waals surface area contributed by atoms with Gasteiger partial charge >= 0.3 is 0 Å². The summed E-state index contributed by atoms with van der Waals surface area (Å²) in [6.45, 7) is 0.0616. The average Bonchev–Trinajstić information content (AvgIpc) is 2.55. The smallest absolute Gasteiger partial charge is 0.255 e. The van der Waals surface area contributed by atoms with Crippen molar-refractivity contribution in [1.29, 1.82) is 0 Å². The third-order valence-electron chi connectivity index (χ3n) is 3.28. The van der Waals surface area contributed by atoms with Crippen LogP contribution in [-0.2, 0) is 15.6 Å². The van der Waals surface area contributed by atoms with Gasteiger partial charge in [-0.25, -0.2) is 8.42 Å². The minimum Gasteiger partial charge on any atom is -0.496 e. The van der Waals surface area contributed by atoms with Crippen molar-refractivity contribution in [2.45, 2.75) is 5.75 Å². The van der Waals surface area contributed by atoms with Crippen molar-refractivity contribution < 1.29 is 17.9 Å². The molecule has 1 N–H and O–H groups in total. The fourth-order valence-electron chi connectivity index (χ4n) is 2.15. The van der Waals surface area contributed by atoms with Crippen LogP contribution in [0.4, 0.5) is 0 Å². The molecule has 2 aromatic carbocycles. The van der Waals surface area contributed by atoms with Gasteiger partial charge < -0.3 is 10.1 Å². The van der Waals surface area contributed by atoms with Crippen LogP contribution in [-0.4, -0.2) is 33.7 Å². The number of para-hydroxylation sites is 1. The summed E-state index contributed by atoms with van der Waals surface area (Å²) in [5.41, 5.74) is 1.12. The molecule has 5 nitrogen and oxygen atoms in total. The Morgan fingerprint density at radius 2 is 1.70 bits per heavy atom. The third-order valence-corrected chi connectivity index (χ3v) is 4.88. The fraction of sp³-hybridized carbons (Fsp3) is 0.235. The lowest BCUT2D eigenvalue weighted by atomic mass is 10.2. The summed E-state index contributed by atoms with van der Waals surface area (Å²) in [6, 6.07) is 15.8. The number of carbonyl (C=O) groups excluding carboxylic acids is 1. The van der Waals surface area contributed by atoms with Crippen LogP contribution in [0.1, 0.15) is 15.9 Å². The predicted molar refractivity (Wildman–Crippen MR) is 89.3 cm³/mol. The van der Waals surface area contributed by atoms with Crippen molar-refractivity contribution in [3.05, 3.63) is 65.7 Å². The van der Waals surface area contributed by atoms with Crippen LogP contribution in [0.2, 0.25) is 0 Å². The van der Waals surface area contributed by atoms with Crippen molar-refractivity contribution in [3.8, 4) is 5.75 Å². The number of sulfone groups is 1. The van der Waals surface area contributed by atoms with Gasteiger partial charge in [-0.3, -0.25) is 4.79 Å². The van der Waals surface area contributed by atoms with E-state index in [2.05, 4.69) is 5.32 Å². The summed E-state index contributed by atoms with van der Waals surface area (Å²) in [7, 11) is -1.79. The molecule has 23 heavy (non-hydrogen) atoms. The van der Waals surface area contributed by atoms with Crippen molar-refractivity contribution in [2.75, 3.05) is 19.4 Å². The number of amides is 1. The molecule has 6 heteroatoms. The number of hydrogen-bond acceptors (Lipinski definition) is 4. The summed E-state index contributed by atoms with van der Waals surface area (Å²) in [5.74, 6) is -0.0317. The number of nitrogens with one attached hydrogen (secondary N) is 1. The van der Waals surface area contributed by atoms with Gasteiger partial charge in [0.25, 0.3) is 5.91 Å². The molecule has 0 unspecified atom stereocenters. The lowest BCUT2D eigenvalue weighted by molar-refractivity contribution is 0.0953. The van der Waals surface area contributed by atoms with E-state index in [0.717, 1.165) is 5.56 Å². The van der Waals surface area contributed by atoms with Gasteiger partial charge in [-0.15, -0.1) is 0 Å². The molecule has 122 valence electrons. The zero-order valence-electron chi connectivity index (χ0n) is 12.9. The van der Waals surface area contributed by atoms with Gasteiger partial charge in [0.1, 0.15) is 5.75 Å². The van der Waals surface area contributed by atoms with Crippen LogP contribution in [0.15, 0.2) is 54.6 Å². The molecular weight excluding hydrogens is 314 g/mol. The standard InChI is InChI=1S/C17H19NO4S/c1-22-16-10-6-5-9-15(16)17(19)18-11-12-23(20,21)13-14-7-3-2-4-8-14/h2-10H,11-13H2,1H3,(H,18,19). The van der Waals surface area contributed by atoms with Crippen molar-refractivity contribution in [1.82, 2.24) is 5.32 Å². The largest absolute Gasteiger partial charge is 0.496 e. The van der Waals surface area contributed by atoms with Crippen molar-refractivity contribution >= 4 is 15.7 Å². The van der Waals surface area contributed by atoms with Crippen LogP contribution < -0.4 is 10.1 Å². The quantitative estimate of drug-likeness (QED) is 0.841. The number of methoxy groups -OCH3 is 1. The van der Waals surface area contributed by atoms with Gasteiger partial charge in [0.05, 0.1) is 24.2 Å². The molecule has 2 rings (SSSR count). The molecule has 0 aliphatic heterocycles. The molecule has 0 saturated carbocycles. The maximum absolute atomic E-state index is 12.1. The average molecular weight is 333 g/mol. The van der Waals surface area contributed by atoms with E-state index in [1.807, 2.05) is 6.07 Å². The van der Waals surface area contributed by atoms with Gasteiger partial charge in [-0.05, 0) is 17.7 Å². The summed E-state index contributed by atoms with van der Waals surface area (Å²) in [6.07, 6.45) is 0. The highest BCUT2D eigenvalue weighted by atomic mass is 32.2. The normalized spacial score (nSPS) is 11.0. The Morgan fingerprint density at radius 1 is 1.04 bits per heavy atom. The number of carbonyl (C=O) groups is 1. The highest BCUT2D eigenvalue weighted by Gasteiger charge is 2.14. The van der Waals surface area contributed by atoms with Gasteiger partial charge in [0.15, 0.2) is 9.84 Å². The van der Waals surface area contributed by atoms with E-state index in [1.54, 1.807) is 48.5 Å². The van der Waals surface area contributed by atoms with E-state index in [1.165, 1.54) is 7.11 Å².